The fraction of sp³-hybridized carbons (Fsp3) is 0.700. The minimum atomic E-state index is -0.696. The van der Waals surface area contributed by atoms with Crippen LogP contribution in [0.15, 0.2) is 6.20 Å². The quantitative estimate of drug-likeness (QED) is 0.814. The number of nitrogens with zero attached hydrogens (tertiary/aromatic N) is 1. The number of rotatable bonds is 3. The van der Waals surface area contributed by atoms with Gasteiger partial charge in [-0.15, -0.1) is 0 Å². The average Bonchev–Trinajstić information content (AvgIpc) is 2.69. The molecule has 0 amide bonds. The zero-order valence-corrected chi connectivity index (χ0v) is 9.64. The van der Waals surface area contributed by atoms with Crippen molar-refractivity contribution in [2.45, 2.75) is 25.4 Å². The summed E-state index contributed by atoms with van der Waals surface area (Å²) in [6.07, 6.45) is 3.24. The number of nitrogens with one attached hydrogen (secondary N) is 1. The van der Waals surface area contributed by atoms with Crippen molar-refractivity contribution in [1.29, 1.82) is 0 Å². The number of aromatic nitrogens is 1. The van der Waals surface area contributed by atoms with E-state index in [1.54, 1.807) is 6.20 Å². The van der Waals surface area contributed by atoms with E-state index >= 15 is 0 Å². The van der Waals surface area contributed by atoms with Crippen molar-refractivity contribution < 1.29 is 9.84 Å². The summed E-state index contributed by atoms with van der Waals surface area (Å²) < 4.78 is 5.30. The fourth-order valence-electron chi connectivity index (χ4n) is 1.75. The lowest BCUT2D eigenvalue weighted by Gasteiger charge is -2.31. The minimum Gasteiger partial charge on any atom is -0.470 e. The molecule has 5 heteroatoms. The molecule has 0 bridgehead atoms. The van der Waals surface area contributed by atoms with Crippen LogP contribution in [0.1, 0.15) is 24.6 Å². The highest BCUT2D eigenvalue weighted by atomic mass is 32.1. The zero-order valence-electron chi connectivity index (χ0n) is 8.82. The normalized spacial score (nSPS) is 20.1. The molecule has 0 aliphatic carbocycles. The van der Waals surface area contributed by atoms with Gasteiger partial charge in [-0.1, -0.05) is 11.3 Å². The van der Waals surface area contributed by atoms with Crippen LogP contribution in [0.4, 0.5) is 0 Å². The molecule has 2 rings (SSSR count). The second-order valence-electron chi connectivity index (χ2n) is 3.71. The highest BCUT2D eigenvalue weighted by molar-refractivity contribution is 7.13. The Bertz CT molecular complexity index is 321. The number of thiazole rings is 1. The van der Waals surface area contributed by atoms with E-state index in [0.29, 0.717) is 11.8 Å². The van der Waals surface area contributed by atoms with Gasteiger partial charge in [0.25, 0.3) is 5.19 Å². The maximum Gasteiger partial charge on any atom is 0.273 e. The predicted molar refractivity (Wildman–Crippen MR) is 59.3 cm³/mol. The first-order chi connectivity index (χ1) is 7.24. The summed E-state index contributed by atoms with van der Waals surface area (Å²) in [6.45, 7) is 4.27. The molecule has 2 N–H and O–H groups in total. The van der Waals surface area contributed by atoms with Crippen molar-refractivity contribution in [3.05, 3.63) is 11.1 Å². The van der Waals surface area contributed by atoms with Crippen molar-refractivity contribution in [3.63, 3.8) is 0 Å². The summed E-state index contributed by atoms with van der Waals surface area (Å²) in [6, 6.07) is 0. The van der Waals surface area contributed by atoms with Crippen LogP contribution in [0, 0.1) is 0 Å². The van der Waals surface area contributed by atoms with E-state index in [1.165, 1.54) is 11.3 Å². The summed E-state index contributed by atoms with van der Waals surface area (Å²) in [5.41, 5.74) is -0.696. The first-order valence-electron chi connectivity index (χ1n) is 5.27. The monoisotopic (exact) mass is 228 g/mol. The van der Waals surface area contributed by atoms with Gasteiger partial charge in [-0.25, -0.2) is 4.98 Å². The van der Waals surface area contributed by atoms with Gasteiger partial charge < -0.3 is 15.2 Å². The maximum atomic E-state index is 10.4. The lowest BCUT2D eigenvalue weighted by molar-refractivity contribution is 0.00925. The Hall–Kier alpha value is -0.650. The Morgan fingerprint density at radius 2 is 2.33 bits per heavy atom. The SMILES string of the molecule is CCOc1ncc(C2(O)CCNCC2)s1. The molecule has 1 aliphatic heterocycles. The molecule has 0 unspecified atom stereocenters. The molecule has 0 radical (unpaired) electrons. The molecule has 0 saturated carbocycles. The van der Waals surface area contributed by atoms with Crippen LogP contribution in [0.2, 0.25) is 0 Å². The van der Waals surface area contributed by atoms with Crippen molar-refractivity contribution in [1.82, 2.24) is 10.3 Å². The van der Waals surface area contributed by atoms with Crippen molar-refractivity contribution >= 4 is 11.3 Å². The van der Waals surface area contributed by atoms with Crippen LogP contribution in [0.25, 0.3) is 0 Å². The second kappa shape index (κ2) is 4.47. The molecule has 1 fully saturated rings. The number of hydrogen-bond acceptors (Lipinski definition) is 5. The van der Waals surface area contributed by atoms with E-state index in [1.807, 2.05) is 6.92 Å². The van der Waals surface area contributed by atoms with E-state index in [4.69, 9.17) is 4.74 Å². The first kappa shape index (κ1) is 10.9. The Balaban J connectivity index is 2.12. The predicted octanol–water partition coefficient (Wildman–Crippen LogP) is 1.11. The number of aliphatic hydroxyl groups is 1. The Morgan fingerprint density at radius 1 is 1.60 bits per heavy atom. The number of piperidine rings is 1. The van der Waals surface area contributed by atoms with E-state index < -0.39 is 5.60 Å². The van der Waals surface area contributed by atoms with Crippen molar-refractivity contribution in [2.75, 3.05) is 19.7 Å². The largest absolute Gasteiger partial charge is 0.470 e. The molecule has 0 spiro atoms. The molecular weight excluding hydrogens is 212 g/mol. The summed E-state index contributed by atoms with van der Waals surface area (Å²) in [4.78, 5) is 5.07. The molecule has 0 aromatic carbocycles. The number of hydrogen-bond donors (Lipinski definition) is 2. The summed E-state index contributed by atoms with van der Waals surface area (Å²) >= 11 is 1.45. The molecular formula is C10H16N2O2S. The third-order valence-electron chi connectivity index (χ3n) is 2.64. The molecule has 0 atom stereocenters. The van der Waals surface area contributed by atoms with Gasteiger partial charge in [-0.05, 0) is 32.9 Å². The van der Waals surface area contributed by atoms with Crippen LogP contribution in [-0.4, -0.2) is 29.8 Å². The Morgan fingerprint density at radius 3 is 3.00 bits per heavy atom. The first-order valence-corrected chi connectivity index (χ1v) is 6.08. The van der Waals surface area contributed by atoms with Gasteiger partial charge in [0.15, 0.2) is 0 Å². The van der Waals surface area contributed by atoms with Gasteiger partial charge in [0.1, 0.15) is 5.60 Å². The van der Waals surface area contributed by atoms with Gasteiger partial charge in [0, 0.05) is 6.20 Å². The summed E-state index contributed by atoms with van der Waals surface area (Å²) in [5, 5.41) is 14.3. The van der Waals surface area contributed by atoms with E-state index in [9.17, 15) is 5.11 Å². The average molecular weight is 228 g/mol. The van der Waals surface area contributed by atoms with Gasteiger partial charge in [-0.3, -0.25) is 0 Å². The van der Waals surface area contributed by atoms with Gasteiger partial charge >= 0.3 is 0 Å². The highest BCUT2D eigenvalue weighted by Gasteiger charge is 2.33. The molecule has 84 valence electrons. The molecule has 1 aromatic heterocycles. The van der Waals surface area contributed by atoms with Gasteiger partial charge in [0.05, 0.1) is 11.5 Å². The van der Waals surface area contributed by atoms with E-state index in [2.05, 4.69) is 10.3 Å². The van der Waals surface area contributed by atoms with Crippen LogP contribution >= 0.6 is 11.3 Å². The third-order valence-corrected chi connectivity index (χ3v) is 3.74. The van der Waals surface area contributed by atoms with Crippen LogP contribution in [-0.2, 0) is 5.60 Å². The lowest BCUT2D eigenvalue weighted by atomic mass is 9.91. The van der Waals surface area contributed by atoms with Crippen LogP contribution < -0.4 is 10.1 Å². The second-order valence-corrected chi connectivity index (χ2v) is 4.70. The maximum absolute atomic E-state index is 10.4. The third kappa shape index (κ3) is 2.30. The van der Waals surface area contributed by atoms with Crippen LogP contribution in [0.5, 0.6) is 5.19 Å². The van der Waals surface area contributed by atoms with E-state index in [0.717, 1.165) is 30.8 Å². The summed E-state index contributed by atoms with van der Waals surface area (Å²) in [7, 11) is 0. The standard InChI is InChI=1S/C10H16N2O2S/c1-2-14-9-12-7-8(15-9)10(13)3-5-11-6-4-10/h7,11,13H,2-6H2,1H3. The zero-order chi connectivity index (χ0) is 10.7. The molecule has 4 nitrogen and oxygen atoms in total. The lowest BCUT2D eigenvalue weighted by Crippen LogP contribution is -2.39. The van der Waals surface area contributed by atoms with Crippen LogP contribution in [0.3, 0.4) is 0 Å². The summed E-state index contributed by atoms with van der Waals surface area (Å²) in [5.74, 6) is 0. The molecule has 1 aliphatic rings. The van der Waals surface area contributed by atoms with Gasteiger partial charge in [-0.2, -0.15) is 0 Å². The minimum absolute atomic E-state index is 0.618. The van der Waals surface area contributed by atoms with Crippen molar-refractivity contribution in [2.24, 2.45) is 0 Å². The van der Waals surface area contributed by atoms with Gasteiger partial charge in [0.2, 0.25) is 0 Å². The smallest absolute Gasteiger partial charge is 0.273 e. The highest BCUT2D eigenvalue weighted by Crippen LogP contribution is 2.36. The molecule has 15 heavy (non-hydrogen) atoms. The topological polar surface area (TPSA) is 54.4 Å². The van der Waals surface area contributed by atoms with E-state index in [-0.39, 0.29) is 0 Å². The van der Waals surface area contributed by atoms with Crippen molar-refractivity contribution in [3.8, 4) is 5.19 Å². The number of ether oxygens (including phenoxy) is 1. The Kier molecular flexibility index (Phi) is 3.23. The fourth-order valence-corrected chi connectivity index (χ4v) is 2.72. The molecule has 1 aromatic rings. The molecule has 1 saturated heterocycles. The molecule has 2 heterocycles. The Labute approximate surface area is 93.3 Å².